The summed E-state index contributed by atoms with van der Waals surface area (Å²) in [6.07, 6.45) is 0. The van der Waals surface area contributed by atoms with E-state index in [-0.39, 0.29) is 29.8 Å². The Morgan fingerprint density at radius 3 is 2.60 bits per heavy atom. The summed E-state index contributed by atoms with van der Waals surface area (Å²) < 4.78 is 13.9. The van der Waals surface area contributed by atoms with Crippen LogP contribution in [0.25, 0.3) is 0 Å². The number of hydrogen-bond acceptors (Lipinski definition) is 1. The molecule has 0 aliphatic heterocycles. The highest BCUT2D eigenvalue weighted by Crippen LogP contribution is 2.16. The van der Waals surface area contributed by atoms with Crippen molar-refractivity contribution < 1.29 is 4.39 Å². The highest BCUT2D eigenvalue weighted by atomic mass is 127. The van der Waals surface area contributed by atoms with E-state index in [0.717, 1.165) is 24.6 Å². The summed E-state index contributed by atoms with van der Waals surface area (Å²) in [5, 5.41) is 6.42. The molecule has 2 N–H and O–H groups in total. The lowest BCUT2D eigenvalue weighted by Gasteiger charge is -2.13. The molecule has 3 nitrogen and oxygen atoms in total. The van der Waals surface area contributed by atoms with Crippen LogP contribution in [0.3, 0.4) is 0 Å². The first-order valence-corrected chi connectivity index (χ1v) is 7.28. The fourth-order valence-corrected chi connectivity index (χ4v) is 1.70. The summed E-state index contributed by atoms with van der Waals surface area (Å²) in [4.78, 5) is 4.44. The summed E-state index contributed by atoms with van der Waals surface area (Å²) in [7, 11) is 0. The zero-order valence-corrected chi connectivity index (χ0v) is 16.0. The number of benzene rings is 1. The number of halogens is 3. The van der Waals surface area contributed by atoms with Gasteiger partial charge in [-0.2, -0.15) is 0 Å². The van der Waals surface area contributed by atoms with E-state index >= 15 is 0 Å². The molecule has 6 heteroatoms. The molecular weight excluding hydrogens is 436 g/mol. The second kappa shape index (κ2) is 10.4. The van der Waals surface area contributed by atoms with Crippen molar-refractivity contribution in [2.45, 2.75) is 27.3 Å². The Bertz CT molecular complexity index is 438. The van der Waals surface area contributed by atoms with Crippen molar-refractivity contribution in [3.05, 3.63) is 34.1 Å². The van der Waals surface area contributed by atoms with Crippen molar-refractivity contribution in [1.82, 2.24) is 10.6 Å². The maximum absolute atomic E-state index is 13.4. The molecule has 0 saturated carbocycles. The molecule has 0 atom stereocenters. The Kier molecular flexibility index (Phi) is 10.2. The van der Waals surface area contributed by atoms with Crippen LogP contribution in [-0.2, 0) is 6.54 Å². The van der Waals surface area contributed by atoms with Crippen LogP contribution in [-0.4, -0.2) is 19.0 Å². The van der Waals surface area contributed by atoms with Crippen LogP contribution in [0.2, 0.25) is 0 Å². The van der Waals surface area contributed by atoms with Crippen LogP contribution >= 0.6 is 39.9 Å². The van der Waals surface area contributed by atoms with Gasteiger partial charge < -0.3 is 10.6 Å². The average molecular weight is 458 g/mol. The predicted molar refractivity (Wildman–Crippen MR) is 97.2 cm³/mol. The fraction of sp³-hybridized carbons (Fsp3) is 0.500. The maximum Gasteiger partial charge on any atom is 0.191 e. The zero-order valence-electron chi connectivity index (χ0n) is 12.0. The predicted octanol–water partition coefficient (Wildman–Crippen LogP) is 3.92. The number of guanidine groups is 1. The molecule has 0 aliphatic carbocycles. The summed E-state index contributed by atoms with van der Waals surface area (Å²) in [5.41, 5.74) is 0.849. The van der Waals surface area contributed by atoms with E-state index in [4.69, 9.17) is 0 Å². The van der Waals surface area contributed by atoms with Gasteiger partial charge in [0, 0.05) is 13.1 Å². The molecule has 0 amide bonds. The molecule has 0 aliphatic rings. The topological polar surface area (TPSA) is 36.4 Å². The Morgan fingerprint density at radius 1 is 1.35 bits per heavy atom. The summed E-state index contributed by atoms with van der Waals surface area (Å²) in [6, 6.07) is 5.07. The molecule has 0 spiro atoms. The van der Waals surface area contributed by atoms with Gasteiger partial charge in [0.1, 0.15) is 5.82 Å². The van der Waals surface area contributed by atoms with E-state index in [2.05, 4.69) is 45.4 Å². The summed E-state index contributed by atoms with van der Waals surface area (Å²) in [5.74, 6) is 1.06. The molecule has 0 saturated heterocycles. The van der Waals surface area contributed by atoms with Crippen LogP contribution in [0, 0.1) is 11.7 Å². The molecule has 0 fully saturated rings. The second-order valence-electron chi connectivity index (χ2n) is 4.72. The van der Waals surface area contributed by atoms with Crippen LogP contribution in [0.1, 0.15) is 26.3 Å². The Labute approximate surface area is 146 Å². The van der Waals surface area contributed by atoms with Crippen molar-refractivity contribution in [1.29, 1.82) is 0 Å². The van der Waals surface area contributed by atoms with Gasteiger partial charge in [0.15, 0.2) is 5.96 Å². The number of nitrogens with zero attached hydrogens (tertiary/aromatic N) is 1. The number of nitrogens with one attached hydrogen (secondary N) is 2. The highest BCUT2D eigenvalue weighted by molar-refractivity contribution is 14.0. The minimum Gasteiger partial charge on any atom is -0.357 e. The number of rotatable bonds is 5. The third kappa shape index (κ3) is 7.42. The molecule has 0 unspecified atom stereocenters. The van der Waals surface area contributed by atoms with Gasteiger partial charge in [-0.15, -0.1) is 24.0 Å². The van der Waals surface area contributed by atoms with Crippen molar-refractivity contribution in [2.75, 3.05) is 13.1 Å². The quantitative estimate of drug-likeness (QED) is 0.399. The normalized spacial score (nSPS) is 11.2. The summed E-state index contributed by atoms with van der Waals surface area (Å²) >= 11 is 3.14. The van der Waals surface area contributed by atoms with Crippen molar-refractivity contribution >= 4 is 45.9 Å². The minimum absolute atomic E-state index is 0. The molecule has 20 heavy (non-hydrogen) atoms. The fourth-order valence-electron chi connectivity index (χ4n) is 1.45. The van der Waals surface area contributed by atoms with Crippen molar-refractivity contribution in [2.24, 2.45) is 10.9 Å². The van der Waals surface area contributed by atoms with Crippen LogP contribution < -0.4 is 10.6 Å². The second-order valence-corrected chi connectivity index (χ2v) is 5.57. The van der Waals surface area contributed by atoms with Crippen LogP contribution in [0.5, 0.6) is 0 Å². The standard InChI is InChI=1S/C14H21BrFN3.HI/c1-4-17-14(18-8-10(2)3)19-9-11-5-6-12(15)13(16)7-11;/h5-7,10H,4,8-9H2,1-3H3,(H2,17,18,19);1H. The Balaban J connectivity index is 0.00000361. The lowest BCUT2D eigenvalue weighted by Crippen LogP contribution is -2.39. The Hall–Kier alpha value is -0.370. The lowest BCUT2D eigenvalue weighted by molar-refractivity contribution is 0.613. The van der Waals surface area contributed by atoms with Crippen LogP contribution in [0.4, 0.5) is 4.39 Å². The average Bonchev–Trinajstić information content (AvgIpc) is 2.36. The third-order valence-corrected chi connectivity index (χ3v) is 3.07. The van der Waals surface area contributed by atoms with Gasteiger partial charge in [0.05, 0.1) is 11.0 Å². The maximum atomic E-state index is 13.4. The molecule has 114 valence electrons. The van der Waals surface area contributed by atoms with E-state index in [1.54, 1.807) is 6.07 Å². The molecule has 1 rings (SSSR count). The molecule has 0 radical (unpaired) electrons. The molecule has 0 aromatic heterocycles. The minimum atomic E-state index is -0.257. The lowest BCUT2D eigenvalue weighted by atomic mass is 10.2. The third-order valence-electron chi connectivity index (χ3n) is 2.43. The largest absolute Gasteiger partial charge is 0.357 e. The van der Waals surface area contributed by atoms with E-state index in [1.807, 2.05) is 13.0 Å². The number of aliphatic imine (C=N–C) groups is 1. The van der Waals surface area contributed by atoms with Gasteiger partial charge in [-0.25, -0.2) is 9.38 Å². The molecule has 0 bridgehead atoms. The SMILES string of the molecule is CCNC(=NCc1ccc(Br)c(F)c1)NCC(C)C.I. The van der Waals surface area contributed by atoms with E-state index in [0.29, 0.717) is 16.9 Å². The van der Waals surface area contributed by atoms with Crippen molar-refractivity contribution in [3.63, 3.8) is 0 Å². The van der Waals surface area contributed by atoms with Crippen molar-refractivity contribution in [3.8, 4) is 0 Å². The monoisotopic (exact) mass is 457 g/mol. The van der Waals surface area contributed by atoms with Gasteiger partial charge in [-0.05, 0) is 46.5 Å². The molecule has 1 aromatic rings. The zero-order chi connectivity index (χ0) is 14.3. The van der Waals surface area contributed by atoms with Gasteiger partial charge >= 0.3 is 0 Å². The number of hydrogen-bond donors (Lipinski definition) is 2. The van der Waals surface area contributed by atoms with Gasteiger partial charge in [-0.3, -0.25) is 0 Å². The van der Waals surface area contributed by atoms with Gasteiger partial charge in [-0.1, -0.05) is 19.9 Å². The van der Waals surface area contributed by atoms with Crippen LogP contribution in [0.15, 0.2) is 27.7 Å². The Morgan fingerprint density at radius 2 is 2.05 bits per heavy atom. The first-order valence-electron chi connectivity index (χ1n) is 6.49. The first-order chi connectivity index (χ1) is 9.02. The molecular formula is C14H22BrFIN3. The van der Waals surface area contributed by atoms with E-state index in [9.17, 15) is 4.39 Å². The highest BCUT2D eigenvalue weighted by Gasteiger charge is 2.02. The van der Waals surface area contributed by atoms with E-state index < -0.39 is 0 Å². The van der Waals surface area contributed by atoms with Gasteiger partial charge in [0.2, 0.25) is 0 Å². The molecule has 1 aromatic carbocycles. The first kappa shape index (κ1) is 19.6. The summed E-state index contributed by atoms with van der Waals surface area (Å²) in [6.45, 7) is 8.42. The van der Waals surface area contributed by atoms with E-state index in [1.165, 1.54) is 6.07 Å². The smallest absolute Gasteiger partial charge is 0.191 e. The van der Waals surface area contributed by atoms with Gasteiger partial charge in [0.25, 0.3) is 0 Å². The molecule has 0 heterocycles.